The van der Waals surface area contributed by atoms with E-state index in [4.69, 9.17) is 16.9 Å². The summed E-state index contributed by atoms with van der Waals surface area (Å²) in [6, 6.07) is 11.3. The Morgan fingerprint density at radius 3 is 2.82 bits per heavy atom. The van der Waals surface area contributed by atoms with E-state index in [1.807, 2.05) is 25.1 Å². The molecule has 1 N–H and O–H groups in total. The van der Waals surface area contributed by atoms with Crippen molar-refractivity contribution >= 4 is 23.0 Å². The molecule has 0 aliphatic carbocycles. The van der Waals surface area contributed by atoms with E-state index >= 15 is 0 Å². The second-order valence-corrected chi connectivity index (χ2v) is 3.98. The quantitative estimate of drug-likeness (QED) is 0.876. The normalized spacial score (nSPS) is 9.71. The van der Waals surface area contributed by atoms with Crippen LogP contribution in [-0.4, -0.2) is 4.98 Å². The van der Waals surface area contributed by atoms with Gasteiger partial charge in [-0.05, 0) is 30.7 Å². The molecule has 0 amide bonds. The zero-order valence-electron chi connectivity index (χ0n) is 9.24. The highest BCUT2D eigenvalue weighted by molar-refractivity contribution is 6.33. The number of benzene rings is 1. The van der Waals surface area contributed by atoms with E-state index in [1.165, 1.54) is 0 Å². The minimum atomic E-state index is 0.354. The van der Waals surface area contributed by atoms with Gasteiger partial charge in [-0.2, -0.15) is 5.26 Å². The molecule has 2 rings (SSSR count). The van der Waals surface area contributed by atoms with Crippen molar-refractivity contribution in [3.8, 4) is 6.07 Å². The molecule has 0 aliphatic heterocycles. The van der Waals surface area contributed by atoms with Crippen LogP contribution in [0.2, 0.25) is 5.02 Å². The van der Waals surface area contributed by atoms with Crippen molar-refractivity contribution in [1.29, 1.82) is 5.26 Å². The Hall–Kier alpha value is -2.05. The molecule has 4 heteroatoms. The molecule has 17 heavy (non-hydrogen) atoms. The first-order valence-corrected chi connectivity index (χ1v) is 5.47. The Labute approximate surface area is 105 Å². The predicted molar refractivity (Wildman–Crippen MR) is 68.4 cm³/mol. The van der Waals surface area contributed by atoms with Crippen LogP contribution in [-0.2, 0) is 0 Å². The molecule has 0 aliphatic rings. The number of nitriles is 1. The van der Waals surface area contributed by atoms with Crippen molar-refractivity contribution in [1.82, 2.24) is 4.98 Å². The van der Waals surface area contributed by atoms with Crippen LogP contribution in [0.5, 0.6) is 0 Å². The summed E-state index contributed by atoms with van der Waals surface area (Å²) in [5, 5.41) is 12.7. The lowest BCUT2D eigenvalue weighted by Gasteiger charge is -2.11. The maximum absolute atomic E-state index is 8.95. The van der Waals surface area contributed by atoms with Gasteiger partial charge >= 0.3 is 0 Å². The SMILES string of the molecule is Cc1cccc(Cl)c1Nc1cccnc1C#N. The highest BCUT2D eigenvalue weighted by Crippen LogP contribution is 2.29. The van der Waals surface area contributed by atoms with Crippen molar-refractivity contribution in [2.24, 2.45) is 0 Å². The van der Waals surface area contributed by atoms with Gasteiger partial charge in [0.1, 0.15) is 6.07 Å². The highest BCUT2D eigenvalue weighted by Gasteiger charge is 2.07. The van der Waals surface area contributed by atoms with Gasteiger partial charge in [-0.3, -0.25) is 0 Å². The zero-order chi connectivity index (χ0) is 12.3. The molecule has 1 heterocycles. The van der Waals surface area contributed by atoms with Gasteiger partial charge in [0.2, 0.25) is 0 Å². The van der Waals surface area contributed by atoms with Gasteiger partial charge < -0.3 is 5.32 Å². The number of aromatic nitrogens is 1. The number of pyridine rings is 1. The Morgan fingerprint density at radius 1 is 1.29 bits per heavy atom. The fraction of sp³-hybridized carbons (Fsp3) is 0.0769. The number of para-hydroxylation sites is 1. The molecule has 0 unspecified atom stereocenters. The van der Waals surface area contributed by atoms with Crippen LogP contribution in [0.3, 0.4) is 0 Å². The van der Waals surface area contributed by atoms with Crippen molar-refractivity contribution in [2.45, 2.75) is 6.92 Å². The smallest absolute Gasteiger partial charge is 0.163 e. The lowest BCUT2D eigenvalue weighted by atomic mass is 10.2. The number of hydrogen-bond donors (Lipinski definition) is 1. The molecule has 0 radical (unpaired) electrons. The van der Waals surface area contributed by atoms with Crippen molar-refractivity contribution in [3.05, 3.63) is 52.8 Å². The van der Waals surface area contributed by atoms with Crippen LogP contribution < -0.4 is 5.32 Å². The minimum Gasteiger partial charge on any atom is -0.352 e. The van der Waals surface area contributed by atoms with Gasteiger partial charge in [-0.15, -0.1) is 0 Å². The molecular weight excluding hydrogens is 234 g/mol. The lowest BCUT2D eigenvalue weighted by molar-refractivity contribution is 1.26. The van der Waals surface area contributed by atoms with Gasteiger partial charge in [0.25, 0.3) is 0 Å². The average Bonchev–Trinajstić information content (AvgIpc) is 2.34. The van der Waals surface area contributed by atoms with Gasteiger partial charge in [-0.25, -0.2) is 4.98 Å². The summed E-state index contributed by atoms with van der Waals surface area (Å²) in [5.74, 6) is 0. The molecule has 0 fully saturated rings. The van der Waals surface area contributed by atoms with E-state index < -0.39 is 0 Å². The summed E-state index contributed by atoms with van der Waals surface area (Å²) < 4.78 is 0. The van der Waals surface area contributed by atoms with E-state index in [-0.39, 0.29) is 0 Å². The van der Waals surface area contributed by atoms with Gasteiger partial charge in [0.15, 0.2) is 5.69 Å². The standard InChI is InChI=1S/C13H10ClN3/c1-9-4-2-5-10(14)13(9)17-11-6-3-7-16-12(11)8-15/h2-7,17H,1H3. The number of nitrogens with zero attached hydrogens (tertiary/aromatic N) is 2. The van der Waals surface area contributed by atoms with Crippen LogP contribution in [0, 0.1) is 18.3 Å². The third kappa shape index (κ3) is 2.38. The number of halogens is 1. The Morgan fingerprint density at radius 2 is 2.12 bits per heavy atom. The van der Waals surface area contributed by atoms with Gasteiger partial charge in [-0.1, -0.05) is 23.7 Å². The molecule has 0 saturated heterocycles. The van der Waals surface area contributed by atoms with Crippen LogP contribution in [0.15, 0.2) is 36.5 Å². The largest absolute Gasteiger partial charge is 0.352 e. The lowest BCUT2D eigenvalue weighted by Crippen LogP contribution is -1.97. The predicted octanol–water partition coefficient (Wildman–Crippen LogP) is 3.66. The first kappa shape index (κ1) is 11.4. The summed E-state index contributed by atoms with van der Waals surface area (Å²) in [6.45, 7) is 1.95. The summed E-state index contributed by atoms with van der Waals surface area (Å²) in [7, 11) is 0. The van der Waals surface area contributed by atoms with Crippen LogP contribution in [0.25, 0.3) is 0 Å². The second-order valence-electron chi connectivity index (χ2n) is 3.57. The number of rotatable bonds is 2. The summed E-state index contributed by atoms with van der Waals surface area (Å²) in [6.07, 6.45) is 1.59. The number of anilines is 2. The molecule has 0 bridgehead atoms. The second kappa shape index (κ2) is 4.86. The molecule has 1 aromatic heterocycles. The third-order valence-corrected chi connectivity index (χ3v) is 2.71. The monoisotopic (exact) mass is 243 g/mol. The number of aryl methyl sites for hydroxylation is 1. The first-order valence-electron chi connectivity index (χ1n) is 5.09. The molecule has 0 atom stereocenters. The first-order chi connectivity index (χ1) is 8.22. The van der Waals surface area contributed by atoms with Crippen LogP contribution in [0.4, 0.5) is 11.4 Å². The Bertz CT molecular complexity index is 567. The molecular formula is C13H10ClN3. The van der Waals surface area contributed by atoms with Crippen molar-refractivity contribution in [2.75, 3.05) is 5.32 Å². The van der Waals surface area contributed by atoms with Gasteiger partial charge in [0, 0.05) is 6.20 Å². The van der Waals surface area contributed by atoms with E-state index in [0.717, 1.165) is 11.3 Å². The molecule has 2 aromatic rings. The van der Waals surface area contributed by atoms with E-state index in [9.17, 15) is 0 Å². The van der Waals surface area contributed by atoms with E-state index in [0.29, 0.717) is 16.4 Å². The molecule has 0 saturated carbocycles. The highest BCUT2D eigenvalue weighted by atomic mass is 35.5. The minimum absolute atomic E-state index is 0.354. The number of hydrogen-bond acceptors (Lipinski definition) is 3. The van der Waals surface area contributed by atoms with E-state index in [2.05, 4.69) is 10.3 Å². The maximum atomic E-state index is 8.95. The Kier molecular flexibility index (Phi) is 3.27. The molecule has 3 nitrogen and oxygen atoms in total. The molecule has 0 spiro atoms. The van der Waals surface area contributed by atoms with Crippen molar-refractivity contribution < 1.29 is 0 Å². The fourth-order valence-corrected chi connectivity index (χ4v) is 1.79. The van der Waals surface area contributed by atoms with Crippen molar-refractivity contribution in [3.63, 3.8) is 0 Å². The summed E-state index contributed by atoms with van der Waals surface area (Å²) in [4.78, 5) is 3.99. The average molecular weight is 244 g/mol. The fourth-order valence-electron chi connectivity index (χ4n) is 1.52. The van der Waals surface area contributed by atoms with Crippen LogP contribution in [0.1, 0.15) is 11.3 Å². The summed E-state index contributed by atoms with van der Waals surface area (Å²) in [5.41, 5.74) is 2.84. The number of nitrogens with one attached hydrogen (secondary N) is 1. The van der Waals surface area contributed by atoms with E-state index in [1.54, 1.807) is 24.4 Å². The third-order valence-electron chi connectivity index (χ3n) is 2.40. The van der Waals surface area contributed by atoms with Gasteiger partial charge in [0.05, 0.1) is 16.4 Å². The Balaban J connectivity index is 2.42. The zero-order valence-corrected chi connectivity index (χ0v) is 9.99. The molecule has 1 aromatic carbocycles. The maximum Gasteiger partial charge on any atom is 0.163 e. The summed E-state index contributed by atoms with van der Waals surface area (Å²) >= 11 is 6.11. The topological polar surface area (TPSA) is 48.7 Å². The van der Waals surface area contributed by atoms with Crippen LogP contribution >= 0.6 is 11.6 Å². The molecule has 84 valence electrons.